The Morgan fingerprint density at radius 1 is 1.41 bits per heavy atom. The number of hydrogen-bond acceptors (Lipinski definition) is 2. The van der Waals surface area contributed by atoms with Gasteiger partial charge >= 0.3 is 0 Å². The Morgan fingerprint density at radius 3 is 2.94 bits per heavy atom. The number of hydrogen-bond donors (Lipinski definition) is 1. The van der Waals surface area contributed by atoms with Crippen LogP contribution in [-0.2, 0) is 13.0 Å². The predicted octanol–water partition coefficient (Wildman–Crippen LogP) is 2.39. The second-order valence-electron chi connectivity index (χ2n) is 4.15. The molecule has 2 N–H and O–H groups in total. The van der Waals surface area contributed by atoms with E-state index in [2.05, 4.69) is 30.2 Å². The lowest BCUT2D eigenvalue weighted by molar-refractivity contribution is 0.686. The van der Waals surface area contributed by atoms with Crippen molar-refractivity contribution in [2.75, 3.05) is 6.54 Å². The molecule has 2 rings (SSSR count). The van der Waals surface area contributed by atoms with Gasteiger partial charge in [0.25, 0.3) is 0 Å². The van der Waals surface area contributed by atoms with E-state index in [-0.39, 0.29) is 0 Å². The second kappa shape index (κ2) is 5.34. The molecule has 0 aliphatic carbocycles. The fraction of sp³-hybridized carbons (Fsp3) is 0.308. The molecule has 0 fully saturated rings. The molecule has 2 aromatic rings. The van der Waals surface area contributed by atoms with Crippen molar-refractivity contribution in [2.24, 2.45) is 5.73 Å². The lowest BCUT2D eigenvalue weighted by Gasteiger charge is -2.05. The van der Waals surface area contributed by atoms with Gasteiger partial charge in [-0.1, -0.05) is 41.4 Å². The first-order chi connectivity index (χ1) is 8.20. The normalized spacial score (nSPS) is 10.8. The Balaban J connectivity index is 2.19. The van der Waals surface area contributed by atoms with E-state index in [0.717, 1.165) is 12.0 Å². The summed E-state index contributed by atoms with van der Waals surface area (Å²) in [6.45, 7) is 3.37. The highest BCUT2D eigenvalue weighted by atomic mass is 35.5. The zero-order valence-corrected chi connectivity index (χ0v) is 10.6. The van der Waals surface area contributed by atoms with Crippen molar-refractivity contribution >= 4 is 11.6 Å². The first-order valence-electron chi connectivity index (χ1n) is 5.66. The SMILES string of the molecule is Cc1cccc(Cn2ncc(CCN)c2Cl)c1. The molecule has 0 radical (unpaired) electrons. The fourth-order valence-corrected chi connectivity index (χ4v) is 2.07. The predicted molar refractivity (Wildman–Crippen MR) is 70.3 cm³/mol. The number of benzene rings is 1. The zero-order valence-electron chi connectivity index (χ0n) is 9.86. The van der Waals surface area contributed by atoms with E-state index in [4.69, 9.17) is 17.3 Å². The largest absolute Gasteiger partial charge is 0.330 e. The van der Waals surface area contributed by atoms with E-state index in [9.17, 15) is 0 Å². The standard InChI is InChI=1S/C13H16ClN3/c1-10-3-2-4-11(7-10)9-17-13(14)12(5-6-15)8-16-17/h2-4,7-8H,5-6,9,15H2,1H3. The number of nitrogens with zero attached hydrogens (tertiary/aromatic N) is 2. The van der Waals surface area contributed by atoms with E-state index in [1.807, 2.05) is 6.07 Å². The van der Waals surface area contributed by atoms with Crippen LogP contribution in [0.4, 0.5) is 0 Å². The number of rotatable bonds is 4. The molecule has 0 aliphatic rings. The summed E-state index contributed by atoms with van der Waals surface area (Å²) >= 11 is 6.24. The lowest BCUT2D eigenvalue weighted by atomic mass is 10.1. The van der Waals surface area contributed by atoms with Gasteiger partial charge in [0.15, 0.2) is 0 Å². The molecular formula is C13H16ClN3. The van der Waals surface area contributed by atoms with Crippen molar-refractivity contribution in [1.82, 2.24) is 9.78 Å². The third-order valence-electron chi connectivity index (χ3n) is 2.67. The van der Waals surface area contributed by atoms with Gasteiger partial charge < -0.3 is 5.73 Å². The molecule has 17 heavy (non-hydrogen) atoms. The minimum absolute atomic E-state index is 0.593. The van der Waals surface area contributed by atoms with Crippen LogP contribution in [0.5, 0.6) is 0 Å². The first-order valence-corrected chi connectivity index (χ1v) is 6.04. The number of halogens is 1. The van der Waals surface area contributed by atoms with Gasteiger partial charge in [0.2, 0.25) is 0 Å². The highest BCUT2D eigenvalue weighted by molar-refractivity contribution is 6.30. The van der Waals surface area contributed by atoms with Gasteiger partial charge in [0.1, 0.15) is 5.15 Å². The summed E-state index contributed by atoms with van der Waals surface area (Å²) in [5.74, 6) is 0. The van der Waals surface area contributed by atoms with Crippen LogP contribution < -0.4 is 5.73 Å². The van der Waals surface area contributed by atoms with Crippen LogP contribution >= 0.6 is 11.6 Å². The molecule has 0 unspecified atom stereocenters. The van der Waals surface area contributed by atoms with E-state index in [0.29, 0.717) is 18.2 Å². The van der Waals surface area contributed by atoms with Gasteiger partial charge in [0, 0.05) is 5.56 Å². The van der Waals surface area contributed by atoms with Crippen LogP contribution in [0.1, 0.15) is 16.7 Å². The highest BCUT2D eigenvalue weighted by Crippen LogP contribution is 2.17. The van der Waals surface area contributed by atoms with Crippen molar-refractivity contribution in [3.05, 3.63) is 52.3 Å². The Kier molecular flexibility index (Phi) is 3.82. The molecule has 0 bridgehead atoms. The van der Waals surface area contributed by atoms with Crippen molar-refractivity contribution in [1.29, 1.82) is 0 Å². The first kappa shape index (κ1) is 12.1. The van der Waals surface area contributed by atoms with Crippen molar-refractivity contribution < 1.29 is 0 Å². The topological polar surface area (TPSA) is 43.8 Å². The molecule has 0 saturated heterocycles. The summed E-state index contributed by atoms with van der Waals surface area (Å²) in [5, 5.41) is 4.98. The molecule has 90 valence electrons. The Bertz CT molecular complexity index is 505. The van der Waals surface area contributed by atoms with E-state index in [1.165, 1.54) is 11.1 Å². The quantitative estimate of drug-likeness (QED) is 0.904. The average molecular weight is 250 g/mol. The monoisotopic (exact) mass is 249 g/mol. The summed E-state index contributed by atoms with van der Waals surface area (Å²) in [6.07, 6.45) is 2.57. The Hall–Kier alpha value is -1.32. The third-order valence-corrected chi connectivity index (χ3v) is 3.11. The van der Waals surface area contributed by atoms with E-state index in [1.54, 1.807) is 10.9 Å². The molecule has 0 aliphatic heterocycles. The zero-order chi connectivity index (χ0) is 12.3. The molecule has 1 aromatic carbocycles. The van der Waals surface area contributed by atoms with Crippen LogP contribution in [0.25, 0.3) is 0 Å². The maximum absolute atomic E-state index is 6.24. The fourth-order valence-electron chi connectivity index (χ4n) is 1.83. The smallest absolute Gasteiger partial charge is 0.130 e. The van der Waals surface area contributed by atoms with Crippen molar-refractivity contribution in [3.8, 4) is 0 Å². The highest BCUT2D eigenvalue weighted by Gasteiger charge is 2.07. The maximum atomic E-state index is 6.24. The van der Waals surface area contributed by atoms with Gasteiger partial charge in [-0.2, -0.15) is 5.10 Å². The van der Waals surface area contributed by atoms with E-state index < -0.39 is 0 Å². The summed E-state index contributed by atoms with van der Waals surface area (Å²) in [4.78, 5) is 0. The molecule has 0 spiro atoms. The van der Waals surface area contributed by atoms with Crippen molar-refractivity contribution in [3.63, 3.8) is 0 Å². The molecule has 1 aromatic heterocycles. The minimum Gasteiger partial charge on any atom is -0.330 e. The van der Waals surface area contributed by atoms with Crippen LogP contribution in [0.15, 0.2) is 30.5 Å². The van der Waals surface area contributed by atoms with Gasteiger partial charge in [-0.3, -0.25) is 0 Å². The van der Waals surface area contributed by atoms with E-state index >= 15 is 0 Å². The molecular weight excluding hydrogens is 234 g/mol. The average Bonchev–Trinajstić information content (AvgIpc) is 2.62. The molecule has 1 heterocycles. The molecule has 0 saturated carbocycles. The minimum atomic E-state index is 0.593. The molecule has 0 atom stereocenters. The molecule has 4 heteroatoms. The summed E-state index contributed by atoms with van der Waals surface area (Å²) < 4.78 is 1.81. The third kappa shape index (κ3) is 2.87. The number of nitrogens with two attached hydrogens (primary N) is 1. The molecule has 3 nitrogen and oxygen atoms in total. The number of aryl methyl sites for hydroxylation is 1. The lowest BCUT2D eigenvalue weighted by Crippen LogP contribution is -2.04. The van der Waals surface area contributed by atoms with Gasteiger partial charge in [0.05, 0.1) is 12.7 Å². The number of aromatic nitrogens is 2. The summed E-state index contributed by atoms with van der Waals surface area (Å²) in [5.41, 5.74) is 8.98. The van der Waals surface area contributed by atoms with Crippen LogP contribution in [0.3, 0.4) is 0 Å². The molecule has 0 amide bonds. The van der Waals surface area contributed by atoms with Gasteiger partial charge in [-0.15, -0.1) is 0 Å². The van der Waals surface area contributed by atoms with Crippen LogP contribution in [-0.4, -0.2) is 16.3 Å². The second-order valence-corrected chi connectivity index (χ2v) is 4.50. The Morgan fingerprint density at radius 2 is 2.24 bits per heavy atom. The Labute approximate surface area is 106 Å². The van der Waals surface area contributed by atoms with Crippen LogP contribution in [0, 0.1) is 6.92 Å². The van der Waals surface area contributed by atoms with Crippen molar-refractivity contribution in [2.45, 2.75) is 19.9 Å². The summed E-state index contributed by atoms with van der Waals surface area (Å²) in [6, 6.07) is 8.34. The maximum Gasteiger partial charge on any atom is 0.130 e. The van der Waals surface area contributed by atoms with Gasteiger partial charge in [-0.05, 0) is 25.5 Å². The van der Waals surface area contributed by atoms with Gasteiger partial charge in [-0.25, -0.2) is 4.68 Å². The summed E-state index contributed by atoms with van der Waals surface area (Å²) in [7, 11) is 0. The van der Waals surface area contributed by atoms with Crippen LogP contribution in [0.2, 0.25) is 5.15 Å².